The van der Waals surface area contributed by atoms with Gasteiger partial charge in [0.05, 0.1) is 5.69 Å². The molecule has 2 aromatic rings. The van der Waals surface area contributed by atoms with Gasteiger partial charge in [-0.2, -0.15) is 4.98 Å². The van der Waals surface area contributed by atoms with E-state index in [0.29, 0.717) is 5.95 Å². The summed E-state index contributed by atoms with van der Waals surface area (Å²) in [6, 6.07) is 12.2. The summed E-state index contributed by atoms with van der Waals surface area (Å²) in [5, 5.41) is 6.59. The molecule has 0 atom stereocenters. The van der Waals surface area contributed by atoms with E-state index in [2.05, 4.69) is 58.7 Å². The second kappa shape index (κ2) is 8.34. The van der Waals surface area contributed by atoms with Crippen molar-refractivity contribution >= 4 is 11.8 Å². The summed E-state index contributed by atoms with van der Waals surface area (Å²) in [6.45, 7) is 4.81. The second-order valence-electron chi connectivity index (χ2n) is 5.44. The number of nitrogens with zero attached hydrogens (tertiary/aromatic N) is 3. The van der Waals surface area contributed by atoms with Gasteiger partial charge in [-0.25, -0.2) is 4.98 Å². The largest absolute Gasteiger partial charge is 0.370 e. The lowest BCUT2D eigenvalue weighted by atomic mass is 10.1. The van der Waals surface area contributed by atoms with Crippen LogP contribution in [-0.4, -0.2) is 48.6 Å². The average Bonchev–Trinajstić information content (AvgIpc) is 2.52. The average molecular weight is 299 g/mol. The Morgan fingerprint density at radius 3 is 2.50 bits per heavy atom. The summed E-state index contributed by atoms with van der Waals surface area (Å²) in [6.07, 6.45) is 1.06. The first-order valence-corrected chi connectivity index (χ1v) is 7.76. The predicted octanol–water partition coefficient (Wildman–Crippen LogP) is 2.94. The van der Waals surface area contributed by atoms with Crippen LogP contribution in [0.25, 0.3) is 11.3 Å². The van der Waals surface area contributed by atoms with Crippen molar-refractivity contribution in [3.8, 4) is 11.3 Å². The summed E-state index contributed by atoms with van der Waals surface area (Å²) >= 11 is 0. The molecular weight excluding hydrogens is 274 g/mol. The van der Waals surface area contributed by atoms with Gasteiger partial charge in [0, 0.05) is 24.7 Å². The molecule has 2 N–H and O–H groups in total. The van der Waals surface area contributed by atoms with Crippen LogP contribution in [0.3, 0.4) is 0 Å². The first-order chi connectivity index (χ1) is 10.7. The smallest absolute Gasteiger partial charge is 0.225 e. The summed E-state index contributed by atoms with van der Waals surface area (Å²) in [5.41, 5.74) is 2.03. The van der Waals surface area contributed by atoms with Gasteiger partial charge in [0.1, 0.15) is 5.82 Å². The van der Waals surface area contributed by atoms with Crippen molar-refractivity contribution in [2.24, 2.45) is 0 Å². The summed E-state index contributed by atoms with van der Waals surface area (Å²) in [4.78, 5) is 11.3. The minimum absolute atomic E-state index is 0.677. The molecule has 0 saturated carbocycles. The van der Waals surface area contributed by atoms with Gasteiger partial charge < -0.3 is 15.5 Å². The lowest BCUT2D eigenvalue weighted by Crippen LogP contribution is -2.17. The third-order valence-electron chi connectivity index (χ3n) is 3.22. The van der Waals surface area contributed by atoms with Crippen LogP contribution in [0.5, 0.6) is 0 Å². The number of benzene rings is 1. The number of hydrogen-bond donors (Lipinski definition) is 2. The zero-order valence-corrected chi connectivity index (χ0v) is 13.6. The molecule has 0 fully saturated rings. The molecule has 0 amide bonds. The van der Waals surface area contributed by atoms with E-state index in [-0.39, 0.29) is 0 Å². The monoisotopic (exact) mass is 299 g/mol. The van der Waals surface area contributed by atoms with Crippen molar-refractivity contribution in [1.29, 1.82) is 0 Å². The molecule has 1 aromatic carbocycles. The van der Waals surface area contributed by atoms with Gasteiger partial charge in [-0.1, -0.05) is 30.3 Å². The van der Waals surface area contributed by atoms with E-state index in [9.17, 15) is 0 Å². The molecule has 1 aromatic heterocycles. The van der Waals surface area contributed by atoms with Crippen molar-refractivity contribution in [3.05, 3.63) is 36.4 Å². The Morgan fingerprint density at radius 2 is 1.82 bits per heavy atom. The molecule has 1 heterocycles. The highest BCUT2D eigenvalue weighted by atomic mass is 15.1. The Bertz CT molecular complexity index is 569. The van der Waals surface area contributed by atoms with Gasteiger partial charge in [-0.05, 0) is 34.0 Å². The lowest BCUT2D eigenvalue weighted by Gasteiger charge is -2.12. The fourth-order valence-corrected chi connectivity index (χ4v) is 2.15. The van der Waals surface area contributed by atoms with Crippen LogP contribution in [0.2, 0.25) is 0 Å². The highest BCUT2D eigenvalue weighted by molar-refractivity contribution is 5.64. The number of hydrogen-bond acceptors (Lipinski definition) is 5. The highest BCUT2D eigenvalue weighted by Crippen LogP contribution is 2.21. The van der Waals surface area contributed by atoms with E-state index in [4.69, 9.17) is 0 Å². The van der Waals surface area contributed by atoms with Gasteiger partial charge in [-0.15, -0.1) is 0 Å². The molecule has 0 spiro atoms. The maximum absolute atomic E-state index is 4.63. The maximum Gasteiger partial charge on any atom is 0.225 e. The van der Waals surface area contributed by atoms with Crippen molar-refractivity contribution in [3.63, 3.8) is 0 Å². The second-order valence-corrected chi connectivity index (χ2v) is 5.44. The summed E-state index contributed by atoms with van der Waals surface area (Å²) < 4.78 is 0. The molecule has 2 rings (SSSR count). The molecule has 0 radical (unpaired) electrons. The number of anilines is 2. The summed E-state index contributed by atoms with van der Waals surface area (Å²) in [5.74, 6) is 1.53. The molecule has 5 heteroatoms. The third-order valence-corrected chi connectivity index (χ3v) is 3.22. The van der Waals surface area contributed by atoms with E-state index in [1.165, 1.54) is 0 Å². The quantitative estimate of drug-likeness (QED) is 0.734. The first kappa shape index (κ1) is 16.2. The predicted molar refractivity (Wildman–Crippen MR) is 93.3 cm³/mol. The molecular formula is C17H25N5. The SMILES string of the molecule is CCNc1cc(-c2ccccc2)nc(NCCCN(C)C)n1. The van der Waals surface area contributed by atoms with E-state index in [1.54, 1.807) is 0 Å². The van der Waals surface area contributed by atoms with E-state index in [0.717, 1.165) is 43.1 Å². The van der Waals surface area contributed by atoms with Gasteiger partial charge in [0.2, 0.25) is 5.95 Å². The molecule has 22 heavy (non-hydrogen) atoms. The fourth-order valence-electron chi connectivity index (χ4n) is 2.15. The van der Waals surface area contributed by atoms with Crippen molar-refractivity contribution in [2.75, 3.05) is 44.4 Å². The van der Waals surface area contributed by atoms with E-state index < -0.39 is 0 Å². The van der Waals surface area contributed by atoms with Crippen LogP contribution in [0.15, 0.2) is 36.4 Å². The number of rotatable bonds is 8. The summed E-state index contributed by atoms with van der Waals surface area (Å²) in [7, 11) is 4.16. The minimum atomic E-state index is 0.677. The van der Waals surface area contributed by atoms with E-state index in [1.807, 2.05) is 24.3 Å². The highest BCUT2D eigenvalue weighted by Gasteiger charge is 2.06. The van der Waals surface area contributed by atoms with Crippen LogP contribution in [0.4, 0.5) is 11.8 Å². The zero-order valence-electron chi connectivity index (χ0n) is 13.6. The number of nitrogens with one attached hydrogen (secondary N) is 2. The van der Waals surface area contributed by atoms with Crippen LogP contribution in [0.1, 0.15) is 13.3 Å². The third kappa shape index (κ3) is 5.00. The van der Waals surface area contributed by atoms with Gasteiger partial charge in [-0.3, -0.25) is 0 Å². The standard InChI is InChI=1S/C17H25N5/c1-4-18-16-13-15(14-9-6-5-7-10-14)20-17(21-16)19-11-8-12-22(2)3/h5-7,9-10,13H,4,8,11-12H2,1-3H3,(H2,18,19,20,21). The molecule has 0 aliphatic carbocycles. The van der Waals surface area contributed by atoms with Crippen LogP contribution < -0.4 is 10.6 Å². The molecule has 0 bridgehead atoms. The van der Waals surface area contributed by atoms with Crippen molar-refractivity contribution in [1.82, 2.24) is 14.9 Å². The van der Waals surface area contributed by atoms with Crippen molar-refractivity contribution in [2.45, 2.75) is 13.3 Å². The molecule has 118 valence electrons. The van der Waals surface area contributed by atoms with Gasteiger partial charge in [0.25, 0.3) is 0 Å². The Kier molecular flexibility index (Phi) is 6.15. The lowest BCUT2D eigenvalue weighted by molar-refractivity contribution is 0.405. The normalized spacial score (nSPS) is 10.7. The van der Waals surface area contributed by atoms with E-state index >= 15 is 0 Å². The molecule has 5 nitrogen and oxygen atoms in total. The van der Waals surface area contributed by atoms with Crippen molar-refractivity contribution < 1.29 is 0 Å². The number of aromatic nitrogens is 2. The molecule has 0 aliphatic rings. The maximum atomic E-state index is 4.63. The minimum Gasteiger partial charge on any atom is -0.370 e. The molecule has 0 saturated heterocycles. The Hall–Kier alpha value is -2.14. The molecule has 0 aliphatic heterocycles. The van der Waals surface area contributed by atoms with Gasteiger partial charge >= 0.3 is 0 Å². The van der Waals surface area contributed by atoms with Crippen LogP contribution in [0, 0.1) is 0 Å². The zero-order chi connectivity index (χ0) is 15.8. The Balaban J connectivity index is 2.13. The fraction of sp³-hybridized carbons (Fsp3) is 0.412. The first-order valence-electron chi connectivity index (χ1n) is 7.76. The van der Waals surface area contributed by atoms with Crippen LogP contribution >= 0.6 is 0 Å². The Morgan fingerprint density at radius 1 is 1.05 bits per heavy atom. The van der Waals surface area contributed by atoms with Crippen LogP contribution in [-0.2, 0) is 0 Å². The topological polar surface area (TPSA) is 53.1 Å². The van der Waals surface area contributed by atoms with Gasteiger partial charge in [0.15, 0.2) is 0 Å². The Labute approximate surface area is 132 Å². The molecule has 0 unspecified atom stereocenters.